The number of nitrogens with one attached hydrogen (secondary N) is 1. The molecule has 0 bridgehead atoms. The molecule has 0 saturated carbocycles. The lowest BCUT2D eigenvalue weighted by Crippen LogP contribution is -2.32. The van der Waals surface area contributed by atoms with Crippen LogP contribution in [-0.2, 0) is 11.0 Å². The molecule has 0 aliphatic heterocycles. The van der Waals surface area contributed by atoms with Crippen LogP contribution < -0.4 is 10.1 Å². The van der Waals surface area contributed by atoms with Gasteiger partial charge in [0, 0.05) is 18.2 Å². The predicted molar refractivity (Wildman–Crippen MR) is 104 cm³/mol. The van der Waals surface area contributed by atoms with Crippen LogP contribution in [0.4, 0.5) is 30.7 Å². The maximum Gasteiger partial charge on any atom is 0.435 e. The number of benzene rings is 1. The van der Waals surface area contributed by atoms with Crippen molar-refractivity contribution in [3.05, 3.63) is 64.6 Å². The second-order valence-electron chi connectivity index (χ2n) is 6.92. The van der Waals surface area contributed by atoms with E-state index in [-0.39, 0.29) is 16.3 Å². The molecule has 1 N–H and O–H groups in total. The fraction of sp³-hybridized carbons (Fsp3) is 0.300. The number of nitrogens with zero attached hydrogens (tertiary/aromatic N) is 2. The highest BCUT2D eigenvalue weighted by molar-refractivity contribution is 6.32. The van der Waals surface area contributed by atoms with Gasteiger partial charge in [-0.25, -0.2) is 4.39 Å². The molecule has 1 amide bonds. The zero-order chi connectivity index (χ0) is 24.4. The third kappa shape index (κ3) is 6.06. The van der Waals surface area contributed by atoms with E-state index >= 15 is 0 Å². The monoisotopic (exact) mass is 497 g/mol. The number of aromatic nitrogens is 2. The molecule has 1 aromatic carbocycles. The van der Waals surface area contributed by atoms with Gasteiger partial charge in [0.1, 0.15) is 5.83 Å². The first kappa shape index (κ1) is 24.6. The molecule has 5 nitrogen and oxygen atoms in total. The molecule has 1 atom stereocenters. The summed E-state index contributed by atoms with van der Waals surface area (Å²) in [5.41, 5.74) is -1.36. The van der Waals surface area contributed by atoms with Gasteiger partial charge in [0.25, 0.3) is 5.91 Å². The lowest BCUT2D eigenvalue weighted by molar-refractivity contribution is -0.160. The molecule has 0 fully saturated rings. The van der Waals surface area contributed by atoms with Crippen molar-refractivity contribution in [2.75, 3.05) is 13.2 Å². The molecule has 1 aliphatic rings. The molecule has 1 heterocycles. The Balaban J connectivity index is 1.66. The van der Waals surface area contributed by atoms with E-state index in [2.05, 4.69) is 10.4 Å². The van der Waals surface area contributed by atoms with Crippen LogP contribution in [0.15, 0.2) is 53.9 Å². The van der Waals surface area contributed by atoms with E-state index in [9.17, 15) is 35.5 Å². The van der Waals surface area contributed by atoms with Gasteiger partial charge in [-0.1, -0.05) is 29.8 Å². The Kier molecular flexibility index (Phi) is 7.06. The van der Waals surface area contributed by atoms with Crippen molar-refractivity contribution in [1.29, 1.82) is 0 Å². The van der Waals surface area contributed by atoms with Crippen LogP contribution >= 0.6 is 11.6 Å². The number of allylic oxidation sites excluding steroid dienone is 2. The van der Waals surface area contributed by atoms with Crippen molar-refractivity contribution >= 4 is 17.5 Å². The highest BCUT2D eigenvalue weighted by Crippen LogP contribution is 2.36. The van der Waals surface area contributed by atoms with Crippen LogP contribution in [0, 0.1) is 5.92 Å². The highest BCUT2D eigenvalue weighted by Gasteiger charge is 2.39. The zero-order valence-electron chi connectivity index (χ0n) is 16.5. The fourth-order valence-electron chi connectivity index (χ4n) is 2.89. The topological polar surface area (TPSA) is 56.1 Å². The number of para-hydroxylation sites is 1. The van der Waals surface area contributed by atoms with E-state index in [0.29, 0.717) is 12.1 Å². The Labute approximate surface area is 187 Å². The number of rotatable bonds is 6. The first-order chi connectivity index (χ1) is 15.4. The van der Waals surface area contributed by atoms with Gasteiger partial charge in [0.2, 0.25) is 5.88 Å². The minimum atomic E-state index is -4.79. The quantitative estimate of drug-likeness (QED) is 0.544. The summed E-state index contributed by atoms with van der Waals surface area (Å²) in [6, 6.07) is 6.46. The van der Waals surface area contributed by atoms with E-state index in [4.69, 9.17) is 16.3 Å². The fourth-order valence-corrected chi connectivity index (χ4v) is 3.10. The number of carbonyl (C=O) groups excluding carboxylic acids is 1. The van der Waals surface area contributed by atoms with Gasteiger partial charge < -0.3 is 10.1 Å². The van der Waals surface area contributed by atoms with Crippen molar-refractivity contribution in [3.63, 3.8) is 0 Å². The third-order valence-electron chi connectivity index (χ3n) is 4.57. The maximum absolute atomic E-state index is 13.9. The van der Waals surface area contributed by atoms with Crippen molar-refractivity contribution in [2.24, 2.45) is 5.92 Å². The van der Waals surface area contributed by atoms with Gasteiger partial charge in [0.15, 0.2) is 12.3 Å². The van der Waals surface area contributed by atoms with E-state index in [1.54, 1.807) is 6.07 Å². The third-order valence-corrected chi connectivity index (χ3v) is 4.89. The van der Waals surface area contributed by atoms with Gasteiger partial charge in [-0.3, -0.25) is 4.79 Å². The van der Waals surface area contributed by atoms with Crippen LogP contribution in [0.1, 0.15) is 12.1 Å². The van der Waals surface area contributed by atoms with Crippen molar-refractivity contribution in [1.82, 2.24) is 15.1 Å². The molecule has 1 aromatic heterocycles. The predicted octanol–water partition coefficient (Wildman–Crippen LogP) is 5.40. The van der Waals surface area contributed by atoms with Gasteiger partial charge in [-0.15, -0.1) is 0 Å². The standard InChI is InChI=1S/C20H15ClF7N3O2/c21-13-3-1-2-4-15(13)31-18(8-16(30-31)20(26,27)28)33-10-17(32)29-9-11-5-6-12(7-14(11)22)19(23,24)25/h1-5,7-8,12H,6,9-10H2,(H,29,32). The summed E-state index contributed by atoms with van der Waals surface area (Å²) in [7, 11) is 0. The van der Waals surface area contributed by atoms with Gasteiger partial charge >= 0.3 is 12.4 Å². The summed E-state index contributed by atoms with van der Waals surface area (Å²) < 4.78 is 97.1. The molecule has 13 heteroatoms. The van der Waals surface area contributed by atoms with Crippen LogP contribution in [0.2, 0.25) is 5.02 Å². The number of carbonyl (C=O) groups is 1. The largest absolute Gasteiger partial charge is 0.467 e. The molecule has 0 radical (unpaired) electrons. The molecule has 3 rings (SSSR count). The van der Waals surface area contributed by atoms with E-state index in [0.717, 1.165) is 10.8 Å². The number of hydrogen-bond acceptors (Lipinski definition) is 3. The van der Waals surface area contributed by atoms with Gasteiger partial charge in [0.05, 0.1) is 16.6 Å². The molecule has 178 valence electrons. The van der Waals surface area contributed by atoms with Crippen LogP contribution in [0.25, 0.3) is 5.69 Å². The molecule has 1 aliphatic carbocycles. The first-order valence-corrected chi connectivity index (χ1v) is 9.69. The van der Waals surface area contributed by atoms with Gasteiger partial charge in [-0.2, -0.15) is 36.1 Å². The smallest absolute Gasteiger partial charge is 0.435 e. The second-order valence-corrected chi connectivity index (χ2v) is 7.33. The number of ether oxygens (including phenoxy) is 1. The van der Waals surface area contributed by atoms with E-state index in [1.165, 1.54) is 18.2 Å². The lowest BCUT2D eigenvalue weighted by atomic mass is 9.95. The van der Waals surface area contributed by atoms with E-state index in [1.807, 2.05) is 0 Å². The van der Waals surface area contributed by atoms with E-state index < -0.39 is 61.2 Å². The molecule has 1 unspecified atom stereocenters. The molecule has 0 saturated heterocycles. The molecular formula is C20H15ClF7N3O2. The number of halogens is 8. The Hall–Kier alpha value is -3.02. The van der Waals surface area contributed by atoms with Crippen molar-refractivity contribution in [3.8, 4) is 11.6 Å². The van der Waals surface area contributed by atoms with Crippen LogP contribution in [0.3, 0.4) is 0 Å². The Bertz CT molecular complexity index is 1090. The van der Waals surface area contributed by atoms with Crippen molar-refractivity contribution in [2.45, 2.75) is 18.8 Å². The summed E-state index contributed by atoms with van der Waals surface area (Å²) in [6.45, 7) is -1.19. The molecule has 33 heavy (non-hydrogen) atoms. The number of alkyl halides is 6. The summed E-state index contributed by atoms with van der Waals surface area (Å²) in [6.07, 6.45) is -8.40. The normalized spacial score (nSPS) is 16.8. The molecule has 0 spiro atoms. The SMILES string of the molecule is O=C(COc1cc(C(F)(F)F)nn1-c1ccccc1Cl)NCC1=CCC(C(F)(F)F)C=C1F. The average molecular weight is 498 g/mol. The number of amides is 1. The average Bonchev–Trinajstić information content (AvgIpc) is 3.15. The minimum Gasteiger partial charge on any atom is -0.467 e. The zero-order valence-corrected chi connectivity index (χ0v) is 17.2. The lowest BCUT2D eigenvalue weighted by Gasteiger charge is -2.20. The Morgan fingerprint density at radius 2 is 1.91 bits per heavy atom. The summed E-state index contributed by atoms with van der Waals surface area (Å²) in [4.78, 5) is 12.0. The summed E-state index contributed by atoms with van der Waals surface area (Å²) in [5, 5.41) is 5.76. The molecule has 2 aromatic rings. The van der Waals surface area contributed by atoms with Crippen LogP contribution in [-0.4, -0.2) is 35.0 Å². The molecular weight excluding hydrogens is 483 g/mol. The summed E-state index contributed by atoms with van der Waals surface area (Å²) >= 11 is 6.01. The first-order valence-electron chi connectivity index (χ1n) is 9.31. The second kappa shape index (κ2) is 9.46. The Morgan fingerprint density at radius 1 is 1.21 bits per heavy atom. The Morgan fingerprint density at radius 3 is 2.52 bits per heavy atom. The number of hydrogen-bond donors (Lipinski definition) is 1. The van der Waals surface area contributed by atoms with Gasteiger partial charge in [-0.05, 0) is 24.6 Å². The minimum absolute atomic E-state index is 0.0730. The highest BCUT2D eigenvalue weighted by atomic mass is 35.5. The van der Waals surface area contributed by atoms with Crippen LogP contribution in [0.5, 0.6) is 5.88 Å². The summed E-state index contributed by atoms with van der Waals surface area (Å²) in [5.74, 6) is -4.34. The van der Waals surface area contributed by atoms with Crippen molar-refractivity contribution < 1.29 is 40.3 Å². The maximum atomic E-state index is 13.9.